The topological polar surface area (TPSA) is 68.7 Å². The van der Waals surface area contributed by atoms with E-state index in [4.69, 9.17) is 0 Å². The number of halogens is 1. The lowest BCUT2D eigenvalue weighted by Gasteiger charge is -2.36. The van der Waals surface area contributed by atoms with Gasteiger partial charge in [-0.2, -0.15) is 0 Å². The number of carbonyl (C=O) groups excluding carboxylic acids is 1. The third-order valence-electron chi connectivity index (χ3n) is 4.03. The summed E-state index contributed by atoms with van der Waals surface area (Å²) in [7, 11) is 0. The first kappa shape index (κ1) is 14.7. The van der Waals surface area contributed by atoms with Crippen molar-refractivity contribution in [2.45, 2.75) is 18.6 Å². The Morgan fingerprint density at radius 1 is 1.33 bits per heavy atom. The molecule has 0 aromatic carbocycles. The van der Waals surface area contributed by atoms with E-state index in [9.17, 15) is 9.90 Å². The first-order chi connectivity index (χ1) is 10.1. The molecule has 3 heterocycles. The van der Waals surface area contributed by atoms with Crippen molar-refractivity contribution in [2.75, 3.05) is 37.6 Å². The minimum Gasteiger partial charge on any atom is -0.392 e. The molecule has 0 unspecified atom stereocenters. The molecule has 6 nitrogen and oxygen atoms in total. The van der Waals surface area contributed by atoms with Gasteiger partial charge in [0.15, 0.2) is 0 Å². The number of nitrogens with zero attached hydrogens (tertiary/aromatic N) is 3. The van der Waals surface area contributed by atoms with Crippen LogP contribution in [0.25, 0.3) is 0 Å². The van der Waals surface area contributed by atoms with Gasteiger partial charge >= 0.3 is 0 Å². The summed E-state index contributed by atoms with van der Waals surface area (Å²) in [5.41, 5.74) is 0. The molecule has 0 saturated carbocycles. The van der Waals surface area contributed by atoms with E-state index < -0.39 is 6.10 Å². The number of carbonyl (C=O) groups is 1. The zero-order valence-electron chi connectivity index (χ0n) is 11.7. The van der Waals surface area contributed by atoms with Crippen LogP contribution < -0.4 is 10.2 Å². The summed E-state index contributed by atoms with van der Waals surface area (Å²) in [6, 6.07) is 3.73. The monoisotopic (exact) mass is 354 g/mol. The number of pyridine rings is 1. The van der Waals surface area contributed by atoms with Crippen LogP contribution in [-0.4, -0.2) is 65.8 Å². The predicted octanol–water partition coefficient (Wildman–Crippen LogP) is 0.216. The SMILES string of the molecule is O=C([C@@H]1C[C@H](O)CN1)N1CCN(c2ccc(Br)cn2)CC1. The van der Waals surface area contributed by atoms with Crippen molar-refractivity contribution in [2.24, 2.45) is 0 Å². The Labute approximate surface area is 132 Å². The highest BCUT2D eigenvalue weighted by atomic mass is 79.9. The van der Waals surface area contributed by atoms with Crippen molar-refractivity contribution in [3.05, 3.63) is 22.8 Å². The molecule has 2 aliphatic rings. The molecular formula is C14H19BrN4O2. The summed E-state index contributed by atoms with van der Waals surface area (Å²) in [5, 5.41) is 12.6. The second-order valence-corrected chi connectivity index (χ2v) is 6.41. The summed E-state index contributed by atoms with van der Waals surface area (Å²) >= 11 is 3.38. The first-order valence-electron chi connectivity index (χ1n) is 7.20. The molecule has 2 atom stereocenters. The van der Waals surface area contributed by atoms with Crippen LogP contribution >= 0.6 is 15.9 Å². The zero-order chi connectivity index (χ0) is 14.8. The summed E-state index contributed by atoms with van der Waals surface area (Å²) in [4.78, 5) is 20.8. The Morgan fingerprint density at radius 3 is 2.67 bits per heavy atom. The lowest BCUT2D eigenvalue weighted by atomic mass is 10.1. The van der Waals surface area contributed by atoms with Crippen LogP contribution in [0.15, 0.2) is 22.8 Å². The van der Waals surface area contributed by atoms with Gasteiger partial charge in [-0.25, -0.2) is 4.98 Å². The van der Waals surface area contributed by atoms with Gasteiger partial charge in [0.2, 0.25) is 5.91 Å². The molecular weight excluding hydrogens is 336 g/mol. The lowest BCUT2D eigenvalue weighted by molar-refractivity contribution is -0.133. The predicted molar refractivity (Wildman–Crippen MR) is 83.1 cm³/mol. The fourth-order valence-corrected chi connectivity index (χ4v) is 3.07. The van der Waals surface area contributed by atoms with Crippen molar-refractivity contribution in [1.82, 2.24) is 15.2 Å². The molecule has 2 saturated heterocycles. The van der Waals surface area contributed by atoms with E-state index in [1.54, 1.807) is 6.20 Å². The van der Waals surface area contributed by atoms with Crippen LogP contribution in [0.3, 0.4) is 0 Å². The van der Waals surface area contributed by atoms with Crippen molar-refractivity contribution in [3.8, 4) is 0 Å². The van der Waals surface area contributed by atoms with Gasteiger partial charge in [-0.1, -0.05) is 0 Å². The second-order valence-electron chi connectivity index (χ2n) is 5.50. The Hall–Kier alpha value is -1.18. The minimum atomic E-state index is -0.396. The highest BCUT2D eigenvalue weighted by Gasteiger charge is 2.32. The molecule has 0 radical (unpaired) electrons. The van der Waals surface area contributed by atoms with Crippen LogP contribution in [-0.2, 0) is 4.79 Å². The van der Waals surface area contributed by atoms with Crippen molar-refractivity contribution < 1.29 is 9.90 Å². The molecule has 1 aromatic rings. The van der Waals surface area contributed by atoms with Gasteiger partial charge in [-0.05, 0) is 34.5 Å². The largest absolute Gasteiger partial charge is 0.392 e. The van der Waals surface area contributed by atoms with Crippen LogP contribution in [0.2, 0.25) is 0 Å². The Bertz CT molecular complexity index is 502. The van der Waals surface area contributed by atoms with E-state index in [1.165, 1.54) is 0 Å². The maximum Gasteiger partial charge on any atom is 0.239 e. The Morgan fingerprint density at radius 2 is 2.10 bits per heavy atom. The fourth-order valence-electron chi connectivity index (χ4n) is 2.84. The molecule has 0 bridgehead atoms. The van der Waals surface area contributed by atoms with Crippen LogP contribution in [0.5, 0.6) is 0 Å². The molecule has 1 aromatic heterocycles. The highest BCUT2D eigenvalue weighted by molar-refractivity contribution is 9.10. The number of nitrogens with one attached hydrogen (secondary N) is 1. The van der Waals surface area contributed by atoms with Crippen LogP contribution in [0, 0.1) is 0 Å². The first-order valence-corrected chi connectivity index (χ1v) is 7.99. The number of aromatic nitrogens is 1. The number of hydrogen-bond acceptors (Lipinski definition) is 5. The minimum absolute atomic E-state index is 0.106. The average Bonchev–Trinajstić information content (AvgIpc) is 2.94. The molecule has 21 heavy (non-hydrogen) atoms. The molecule has 0 aliphatic carbocycles. The van der Waals surface area contributed by atoms with Gasteiger partial charge in [0.05, 0.1) is 12.1 Å². The van der Waals surface area contributed by atoms with Gasteiger partial charge in [0, 0.05) is 43.4 Å². The lowest BCUT2D eigenvalue weighted by Crippen LogP contribution is -2.53. The molecule has 2 N–H and O–H groups in total. The standard InChI is InChI=1S/C14H19BrN4O2/c15-10-1-2-13(17-8-10)18-3-5-19(6-4-18)14(21)12-7-11(20)9-16-12/h1-2,8,11-12,16,20H,3-7,9H2/t11-,12-/m0/s1. The number of β-amino-alcohol motifs (C(OH)–C–C–N with tert-alkyl or cyclic N) is 1. The number of amides is 1. The number of rotatable bonds is 2. The molecule has 114 valence electrons. The smallest absolute Gasteiger partial charge is 0.239 e. The normalized spacial score (nSPS) is 26.2. The number of piperazine rings is 1. The van der Waals surface area contributed by atoms with Crippen molar-refractivity contribution >= 4 is 27.7 Å². The van der Waals surface area contributed by atoms with Crippen LogP contribution in [0.4, 0.5) is 5.82 Å². The van der Waals surface area contributed by atoms with Gasteiger partial charge in [0.25, 0.3) is 0 Å². The van der Waals surface area contributed by atoms with Crippen LogP contribution in [0.1, 0.15) is 6.42 Å². The van der Waals surface area contributed by atoms with E-state index in [0.29, 0.717) is 26.1 Å². The number of aliphatic hydroxyl groups is 1. The van der Waals surface area contributed by atoms with E-state index in [0.717, 1.165) is 23.4 Å². The van der Waals surface area contributed by atoms with Gasteiger partial charge in [0.1, 0.15) is 5.82 Å². The third kappa shape index (κ3) is 3.36. The molecule has 1 amide bonds. The quantitative estimate of drug-likeness (QED) is 0.794. The summed E-state index contributed by atoms with van der Waals surface area (Å²) in [5.74, 6) is 1.05. The van der Waals surface area contributed by atoms with E-state index >= 15 is 0 Å². The fraction of sp³-hybridized carbons (Fsp3) is 0.571. The zero-order valence-corrected chi connectivity index (χ0v) is 13.3. The molecule has 2 aliphatic heterocycles. The molecule has 2 fully saturated rings. The van der Waals surface area contributed by atoms with Gasteiger partial charge in [-0.15, -0.1) is 0 Å². The van der Waals surface area contributed by atoms with Crippen molar-refractivity contribution in [1.29, 1.82) is 0 Å². The number of aliphatic hydroxyl groups excluding tert-OH is 1. The summed E-state index contributed by atoms with van der Waals surface area (Å²) in [6.45, 7) is 3.49. The van der Waals surface area contributed by atoms with E-state index in [-0.39, 0.29) is 11.9 Å². The maximum atomic E-state index is 12.3. The molecule has 7 heteroatoms. The average molecular weight is 355 g/mol. The highest BCUT2D eigenvalue weighted by Crippen LogP contribution is 2.17. The van der Waals surface area contributed by atoms with Gasteiger partial charge in [-0.3, -0.25) is 4.79 Å². The maximum absolute atomic E-state index is 12.3. The third-order valence-corrected chi connectivity index (χ3v) is 4.50. The Kier molecular flexibility index (Phi) is 4.42. The van der Waals surface area contributed by atoms with Crippen molar-refractivity contribution in [3.63, 3.8) is 0 Å². The second kappa shape index (κ2) is 6.29. The molecule has 0 spiro atoms. The summed E-state index contributed by atoms with van der Waals surface area (Å²) in [6.07, 6.45) is 1.91. The van der Waals surface area contributed by atoms with E-state index in [2.05, 4.69) is 31.1 Å². The number of anilines is 1. The Balaban J connectivity index is 1.55. The van der Waals surface area contributed by atoms with E-state index in [1.807, 2.05) is 17.0 Å². The van der Waals surface area contributed by atoms with Gasteiger partial charge < -0.3 is 20.2 Å². The number of hydrogen-bond donors (Lipinski definition) is 2. The summed E-state index contributed by atoms with van der Waals surface area (Å²) < 4.78 is 0.964. The molecule has 3 rings (SSSR count).